The van der Waals surface area contributed by atoms with Crippen molar-refractivity contribution in [3.8, 4) is 5.75 Å². The molecule has 0 heterocycles. The third-order valence-electron chi connectivity index (χ3n) is 2.69. The Hall–Kier alpha value is -1.23. The smallest absolute Gasteiger partial charge is 0.258 e. The van der Waals surface area contributed by atoms with Crippen molar-refractivity contribution in [2.75, 3.05) is 12.3 Å². The van der Waals surface area contributed by atoms with E-state index in [4.69, 9.17) is 10.5 Å². The number of amides is 1. The largest absolute Gasteiger partial charge is 0.482 e. The van der Waals surface area contributed by atoms with E-state index < -0.39 is 0 Å². The van der Waals surface area contributed by atoms with Gasteiger partial charge in [0, 0.05) is 10.0 Å². The number of hydrogen-bond donors (Lipinski definition) is 2. The predicted molar refractivity (Wildman–Crippen MR) is 76.6 cm³/mol. The number of nitrogens with one attached hydrogen (secondary N) is 1. The van der Waals surface area contributed by atoms with Gasteiger partial charge in [-0.3, -0.25) is 4.79 Å². The summed E-state index contributed by atoms with van der Waals surface area (Å²) < 4.78 is 6.26. The number of anilines is 1. The molecule has 4 nitrogen and oxygen atoms in total. The van der Waals surface area contributed by atoms with Crippen molar-refractivity contribution >= 4 is 27.5 Å². The highest BCUT2D eigenvalue weighted by Gasteiger charge is 2.18. The van der Waals surface area contributed by atoms with E-state index in [1.54, 1.807) is 12.1 Å². The highest BCUT2D eigenvalue weighted by Crippen LogP contribution is 2.25. The Morgan fingerprint density at radius 2 is 2.17 bits per heavy atom. The summed E-state index contributed by atoms with van der Waals surface area (Å²) in [6.45, 7) is 5.93. The highest BCUT2D eigenvalue weighted by molar-refractivity contribution is 9.10. The first-order chi connectivity index (χ1) is 8.34. The van der Waals surface area contributed by atoms with Crippen molar-refractivity contribution in [1.29, 1.82) is 0 Å². The van der Waals surface area contributed by atoms with E-state index in [-0.39, 0.29) is 18.1 Å². The number of ether oxygens (including phenoxy) is 1. The van der Waals surface area contributed by atoms with Crippen LogP contribution in [0.1, 0.15) is 27.2 Å². The van der Waals surface area contributed by atoms with E-state index in [0.29, 0.717) is 11.4 Å². The van der Waals surface area contributed by atoms with Crippen LogP contribution in [0.25, 0.3) is 0 Å². The van der Waals surface area contributed by atoms with Gasteiger partial charge in [0.05, 0.1) is 5.69 Å². The molecule has 0 aliphatic heterocycles. The van der Waals surface area contributed by atoms with Crippen LogP contribution in [0.5, 0.6) is 5.75 Å². The van der Waals surface area contributed by atoms with Gasteiger partial charge in [-0.2, -0.15) is 0 Å². The highest BCUT2D eigenvalue weighted by atomic mass is 79.9. The van der Waals surface area contributed by atoms with Crippen LogP contribution in [-0.4, -0.2) is 18.1 Å². The second-order valence-corrected chi connectivity index (χ2v) is 5.67. The molecule has 0 aromatic heterocycles. The minimum absolute atomic E-state index is 0.0325. The summed E-state index contributed by atoms with van der Waals surface area (Å²) in [5, 5.41) is 2.89. The van der Waals surface area contributed by atoms with Crippen LogP contribution in [0.15, 0.2) is 22.7 Å². The second-order valence-electron chi connectivity index (χ2n) is 4.76. The molecule has 0 fully saturated rings. The molecule has 0 saturated carbocycles. The van der Waals surface area contributed by atoms with Gasteiger partial charge < -0.3 is 15.8 Å². The molecule has 0 radical (unpaired) electrons. The lowest BCUT2D eigenvalue weighted by atomic mass is 10.0. The fraction of sp³-hybridized carbons (Fsp3) is 0.462. The van der Waals surface area contributed by atoms with Crippen LogP contribution in [0.2, 0.25) is 0 Å². The summed E-state index contributed by atoms with van der Waals surface area (Å²) in [5.41, 5.74) is 6.06. The van der Waals surface area contributed by atoms with Crippen LogP contribution in [0.4, 0.5) is 5.69 Å². The van der Waals surface area contributed by atoms with Gasteiger partial charge in [0.15, 0.2) is 6.61 Å². The Morgan fingerprint density at radius 3 is 2.72 bits per heavy atom. The predicted octanol–water partition coefficient (Wildman–Crippen LogP) is 2.71. The van der Waals surface area contributed by atoms with Crippen molar-refractivity contribution in [2.45, 2.75) is 32.7 Å². The summed E-state index contributed by atoms with van der Waals surface area (Å²) >= 11 is 3.31. The molecule has 0 unspecified atom stereocenters. The summed E-state index contributed by atoms with van der Waals surface area (Å²) in [6.07, 6.45) is 0.860. The third-order valence-corrected chi connectivity index (χ3v) is 3.19. The van der Waals surface area contributed by atoms with Crippen molar-refractivity contribution in [2.24, 2.45) is 0 Å². The maximum Gasteiger partial charge on any atom is 0.258 e. The van der Waals surface area contributed by atoms with Crippen molar-refractivity contribution in [1.82, 2.24) is 5.32 Å². The first-order valence-corrected chi connectivity index (χ1v) is 6.62. The number of hydrogen-bond acceptors (Lipinski definition) is 3. The SMILES string of the molecule is CCC(C)(C)NC(=O)COc1ccc(Br)cc1N. The zero-order chi connectivity index (χ0) is 13.8. The minimum Gasteiger partial charge on any atom is -0.482 e. The standard InChI is InChI=1S/C13H19BrN2O2/c1-4-13(2,3)16-12(17)8-18-11-6-5-9(14)7-10(11)15/h5-7H,4,8,15H2,1-3H3,(H,16,17). The molecule has 0 saturated heterocycles. The topological polar surface area (TPSA) is 64.3 Å². The number of nitrogen functional groups attached to an aromatic ring is 1. The van der Waals surface area contributed by atoms with Crippen LogP contribution in [0, 0.1) is 0 Å². The molecule has 1 amide bonds. The van der Waals surface area contributed by atoms with Crippen LogP contribution in [0.3, 0.4) is 0 Å². The van der Waals surface area contributed by atoms with Gasteiger partial charge in [-0.15, -0.1) is 0 Å². The third kappa shape index (κ3) is 4.56. The van der Waals surface area contributed by atoms with Gasteiger partial charge in [0.1, 0.15) is 5.75 Å². The van der Waals surface area contributed by atoms with Gasteiger partial charge in [-0.25, -0.2) is 0 Å². The summed E-state index contributed by atoms with van der Waals surface area (Å²) in [6, 6.07) is 5.29. The van der Waals surface area contributed by atoms with Gasteiger partial charge in [0.2, 0.25) is 0 Å². The van der Waals surface area contributed by atoms with Gasteiger partial charge in [0.25, 0.3) is 5.91 Å². The van der Waals surface area contributed by atoms with Crippen molar-refractivity contribution < 1.29 is 9.53 Å². The number of carbonyl (C=O) groups excluding carboxylic acids is 1. The van der Waals surface area contributed by atoms with Gasteiger partial charge in [-0.1, -0.05) is 22.9 Å². The molecule has 0 atom stereocenters. The number of rotatable bonds is 5. The Kier molecular flexibility index (Phi) is 5.02. The fourth-order valence-corrected chi connectivity index (χ4v) is 1.67. The molecule has 0 spiro atoms. The number of halogens is 1. The summed E-state index contributed by atoms with van der Waals surface area (Å²) in [7, 11) is 0. The molecule has 1 rings (SSSR count). The van der Waals surface area contributed by atoms with E-state index in [1.807, 2.05) is 26.8 Å². The Balaban J connectivity index is 2.53. The zero-order valence-corrected chi connectivity index (χ0v) is 12.5. The van der Waals surface area contributed by atoms with E-state index >= 15 is 0 Å². The van der Waals surface area contributed by atoms with Crippen molar-refractivity contribution in [3.05, 3.63) is 22.7 Å². The minimum atomic E-state index is -0.217. The van der Waals surface area contributed by atoms with Gasteiger partial charge in [-0.05, 0) is 38.5 Å². The average Bonchev–Trinajstić information content (AvgIpc) is 2.27. The van der Waals surface area contributed by atoms with E-state index in [9.17, 15) is 4.79 Å². The van der Waals surface area contributed by atoms with Crippen LogP contribution >= 0.6 is 15.9 Å². The molecule has 0 aliphatic rings. The van der Waals surface area contributed by atoms with Crippen LogP contribution in [-0.2, 0) is 4.79 Å². The molecule has 18 heavy (non-hydrogen) atoms. The summed E-state index contributed by atoms with van der Waals surface area (Å²) in [4.78, 5) is 11.7. The fourth-order valence-electron chi connectivity index (χ4n) is 1.30. The zero-order valence-electron chi connectivity index (χ0n) is 10.9. The Bertz CT molecular complexity index is 433. The molecule has 1 aromatic carbocycles. The molecular weight excluding hydrogens is 296 g/mol. The molecule has 3 N–H and O–H groups in total. The number of carbonyl (C=O) groups is 1. The number of benzene rings is 1. The lowest BCUT2D eigenvalue weighted by Gasteiger charge is -2.24. The molecule has 100 valence electrons. The first-order valence-electron chi connectivity index (χ1n) is 5.83. The molecule has 1 aromatic rings. The van der Waals surface area contributed by atoms with Crippen molar-refractivity contribution in [3.63, 3.8) is 0 Å². The molecule has 5 heteroatoms. The normalized spacial score (nSPS) is 11.1. The Morgan fingerprint density at radius 1 is 1.50 bits per heavy atom. The van der Waals surface area contributed by atoms with Crippen LogP contribution < -0.4 is 15.8 Å². The summed E-state index contributed by atoms with van der Waals surface area (Å²) in [5.74, 6) is 0.367. The number of nitrogens with two attached hydrogens (primary N) is 1. The van der Waals surface area contributed by atoms with E-state index in [1.165, 1.54) is 0 Å². The second kappa shape index (κ2) is 6.09. The monoisotopic (exact) mass is 314 g/mol. The maximum absolute atomic E-state index is 11.7. The average molecular weight is 315 g/mol. The first kappa shape index (κ1) is 14.8. The lowest BCUT2D eigenvalue weighted by Crippen LogP contribution is -2.44. The Labute approximate surface area is 116 Å². The quantitative estimate of drug-likeness (QED) is 0.821. The lowest BCUT2D eigenvalue weighted by molar-refractivity contribution is -0.124. The molecule has 0 bridgehead atoms. The molecular formula is C13H19BrN2O2. The molecule has 0 aliphatic carbocycles. The van der Waals surface area contributed by atoms with E-state index in [0.717, 1.165) is 10.9 Å². The maximum atomic E-state index is 11.7. The van der Waals surface area contributed by atoms with E-state index in [2.05, 4.69) is 21.2 Å². The van der Waals surface area contributed by atoms with Gasteiger partial charge >= 0.3 is 0 Å².